The fourth-order valence-corrected chi connectivity index (χ4v) is 2.94. The van der Waals surface area contributed by atoms with Crippen molar-refractivity contribution in [1.29, 1.82) is 0 Å². The lowest BCUT2D eigenvalue weighted by atomic mass is 9.93. The SMILES string of the molecule is COCC1CCN(C(C)C(N)c2ccccc2)CC1. The maximum Gasteiger partial charge on any atom is 0.0491 e. The van der Waals surface area contributed by atoms with Crippen LogP contribution in [0.4, 0.5) is 0 Å². The Bertz CT molecular complexity index is 360. The second-order valence-electron chi connectivity index (χ2n) is 5.61. The van der Waals surface area contributed by atoms with Crippen LogP contribution in [0.2, 0.25) is 0 Å². The van der Waals surface area contributed by atoms with E-state index in [0.717, 1.165) is 25.6 Å². The number of piperidine rings is 1. The van der Waals surface area contributed by atoms with Crippen LogP contribution in [0.3, 0.4) is 0 Å². The van der Waals surface area contributed by atoms with Gasteiger partial charge in [-0.1, -0.05) is 30.3 Å². The lowest BCUT2D eigenvalue weighted by Crippen LogP contribution is -2.45. The lowest BCUT2D eigenvalue weighted by molar-refractivity contribution is 0.0770. The molecule has 3 heteroatoms. The first-order valence-electron chi connectivity index (χ1n) is 7.26. The van der Waals surface area contributed by atoms with Gasteiger partial charge >= 0.3 is 0 Å². The van der Waals surface area contributed by atoms with E-state index in [1.165, 1.54) is 18.4 Å². The van der Waals surface area contributed by atoms with Crippen LogP contribution in [0.15, 0.2) is 30.3 Å². The lowest BCUT2D eigenvalue weighted by Gasteiger charge is -2.38. The Morgan fingerprint density at radius 3 is 2.47 bits per heavy atom. The zero-order chi connectivity index (χ0) is 13.7. The summed E-state index contributed by atoms with van der Waals surface area (Å²) in [4.78, 5) is 2.52. The number of methoxy groups -OCH3 is 1. The van der Waals surface area contributed by atoms with Gasteiger partial charge in [-0.15, -0.1) is 0 Å². The number of likely N-dealkylation sites (tertiary alicyclic amines) is 1. The van der Waals surface area contributed by atoms with Gasteiger partial charge in [0.25, 0.3) is 0 Å². The highest BCUT2D eigenvalue weighted by molar-refractivity contribution is 5.19. The van der Waals surface area contributed by atoms with Gasteiger partial charge in [-0.05, 0) is 44.3 Å². The van der Waals surface area contributed by atoms with Gasteiger partial charge in [0.05, 0.1) is 0 Å². The average molecular weight is 262 g/mol. The summed E-state index contributed by atoms with van der Waals surface area (Å²) in [5.41, 5.74) is 7.63. The second kappa shape index (κ2) is 7.04. The van der Waals surface area contributed by atoms with Gasteiger partial charge in [-0.2, -0.15) is 0 Å². The van der Waals surface area contributed by atoms with Crippen LogP contribution < -0.4 is 5.73 Å². The second-order valence-corrected chi connectivity index (χ2v) is 5.61. The van der Waals surface area contributed by atoms with Crippen molar-refractivity contribution >= 4 is 0 Å². The molecule has 0 aromatic heterocycles. The van der Waals surface area contributed by atoms with Crippen molar-refractivity contribution in [1.82, 2.24) is 4.90 Å². The van der Waals surface area contributed by atoms with Gasteiger partial charge in [0.2, 0.25) is 0 Å². The molecule has 0 radical (unpaired) electrons. The molecule has 19 heavy (non-hydrogen) atoms. The van der Waals surface area contributed by atoms with Crippen LogP contribution in [-0.2, 0) is 4.74 Å². The molecule has 1 fully saturated rings. The quantitative estimate of drug-likeness (QED) is 0.885. The van der Waals surface area contributed by atoms with Crippen molar-refractivity contribution in [3.8, 4) is 0 Å². The van der Waals surface area contributed by atoms with E-state index in [4.69, 9.17) is 10.5 Å². The predicted molar refractivity (Wildman–Crippen MR) is 79.0 cm³/mol. The van der Waals surface area contributed by atoms with E-state index in [1.54, 1.807) is 7.11 Å². The van der Waals surface area contributed by atoms with Crippen LogP contribution in [0.5, 0.6) is 0 Å². The Kier molecular flexibility index (Phi) is 5.37. The zero-order valence-electron chi connectivity index (χ0n) is 12.1. The molecular weight excluding hydrogens is 236 g/mol. The molecule has 106 valence electrons. The summed E-state index contributed by atoms with van der Waals surface area (Å²) in [6.07, 6.45) is 2.44. The summed E-state index contributed by atoms with van der Waals surface area (Å²) in [6.45, 7) is 5.41. The fraction of sp³-hybridized carbons (Fsp3) is 0.625. The minimum absolute atomic E-state index is 0.0974. The van der Waals surface area contributed by atoms with Crippen molar-refractivity contribution < 1.29 is 4.74 Å². The molecule has 3 nitrogen and oxygen atoms in total. The monoisotopic (exact) mass is 262 g/mol. The molecule has 2 rings (SSSR count). The molecule has 1 aliphatic heterocycles. The standard InChI is InChI=1S/C16H26N2O/c1-13(16(17)15-6-4-3-5-7-15)18-10-8-14(9-11-18)12-19-2/h3-7,13-14,16H,8-12,17H2,1-2H3. The van der Waals surface area contributed by atoms with Crippen LogP contribution in [0, 0.1) is 5.92 Å². The molecule has 0 saturated carbocycles. The zero-order valence-corrected chi connectivity index (χ0v) is 12.1. The first-order valence-corrected chi connectivity index (χ1v) is 7.26. The van der Waals surface area contributed by atoms with Gasteiger partial charge in [0.1, 0.15) is 0 Å². The molecular formula is C16H26N2O. The van der Waals surface area contributed by atoms with Crippen LogP contribution in [-0.4, -0.2) is 37.7 Å². The molecule has 2 unspecified atom stereocenters. The Morgan fingerprint density at radius 1 is 1.26 bits per heavy atom. The van der Waals surface area contributed by atoms with Crippen LogP contribution >= 0.6 is 0 Å². The Morgan fingerprint density at radius 2 is 1.89 bits per heavy atom. The third kappa shape index (κ3) is 3.78. The highest BCUT2D eigenvalue weighted by Crippen LogP contribution is 2.24. The number of nitrogens with two attached hydrogens (primary N) is 1. The number of hydrogen-bond acceptors (Lipinski definition) is 3. The van der Waals surface area contributed by atoms with Gasteiger partial charge in [0.15, 0.2) is 0 Å². The molecule has 1 aromatic carbocycles. The van der Waals surface area contributed by atoms with E-state index in [1.807, 2.05) is 6.07 Å². The van der Waals surface area contributed by atoms with Crippen LogP contribution in [0.1, 0.15) is 31.4 Å². The Hall–Kier alpha value is -0.900. The molecule has 0 spiro atoms. The molecule has 1 heterocycles. The highest BCUT2D eigenvalue weighted by Gasteiger charge is 2.26. The van der Waals surface area contributed by atoms with E-state index >= 15 is 0 Å². The van der Waals surface area contributed by atoms with Gasteiger partial charge < -0.3 is 10.5 Å². The summed E-state index contributed by atoms with van der Waals surface area (Å²) < 4.78 is 5.25. The van der Waals surface area contributed by atoms with Crippen molar-refractivity contribution in [3.63, 3.8) is 0 Å². The van der Waals surface area contributed by atoms with Gasteiger partial charge in [0, 0.05) is 25.8 Å². The highest BCUT2D eigenvalue weighted by atomic mass is 16.5. The topological polar surface area (TPSA) is 38.5 Å². The Labute approximate surface area is 116 Å². The number of rotatable bonds is 5. The largest absolute Gasteiger partial charge is 0.384 e. The molecule has 0 aliphatic carbocycles. The molecule has 2 N–H and O–H groups in total. The summed E-state index contributed by atoms with van der Waals surface area (Å²) >= 11 is 0. The van der Waals surface area contributed by atoms with Crippen molar-refractivity contribution in [2.75, 3.05) is 26.8 Å². The van der Waals surface area contributed by atoms with E-state index in [0.29, 0.717) is 6.04 Å². The van der Waals surface area contributed by atoms with Crippen molar-refractivity contribution in [2.24, 2.45) is 11.7 Å². The molecule has 0 amide bonds. The smallest absolute Gasteiger partial charge is 0.0491 e. The summed E-state index contributed by atoms with van der Waals surface area (Å²) in [5.74, 6) is 0.724. The summed E-state index contributed by atoms with van der Waals surface area (Å²) in [5, 5.41) is 0. The van der Waals surface area contributed by atoms with E-state index in [-0.39, 0.29) is 6.04 Å². The number of benzene rings is 1. The first-order chi connectivity index (χ1) is 9.22. The maximum atomic E-state index is 6.40. The van der Waals surface area contributed by atoms with E-state index in [9.17, 15) is 0 Å². The summed E-state index contributed by atoms with van der Waals surface area (Å²) in [6, 6.07) is 10.9. The fourth-order valence-electron chi connectivity index (χ4n) is 2.94. The molecule has 1 aliphatic rings. The maximum absolute atomic E-state index is 6.40. The third-order valence-electron chi connectivity index (χ3n) is 4.33. The minimum Gasteiger partial charge on any atom is -0.384 e. The predicted octanol–water partition coefficient (Wildman–Crippen LogP) is 2.43. The van der Waals surface area contributed by atoms with Crippen molar-refractivity contribution in [2.45, 2.75) is 31.8 Å². The van der Waals surface area contributed by atoms with Gasteiger partial charge in [-0.25, -0.2) is 0 Å². The van der Waals surface area contributed by atoms with Gasteiger partial charge in [-0.3, -0.25) is 4.90 Å². The Balaban J connectivity index is 1.89. The average Bonchev–Trinajstić information content (AvgIpc) is 2.48. The molecule has 0 bridgehead atoms. The minimum atomic E-state index is 0.0974. The number of hydrogen-bond donors (Lipinski definition) is 1. The van der Waals surface area contributed by atoms with E-state index in [2.05, 4.69) is 36.1 Å². The number of nitrogens with zero attached hydrogens (tertiary/aromatic N) is 1. The normalized spacial score (nSPS) is 21.2. The molecule has 1 aromatic rings. The third-order valence-corrected chi connectivity index (χ3v) is 4.33. The summed E-state index contributed by atoms with van der Waals surface area (Å²) in [7, 11) is 1.79. The van der Waals surface area contributed by atoms with E-state index < -0.39 is 0 Å². The molecule has 2 atom stereocenters. The van der Waals surface area contributed by atoms with Crippen LogP contribution in [0.25, 0.3) is 0 Å². The van der Waals surface area contributed by atoms with Crippen molar-refractivity contribution in [3.05, 3.63) is 35.9 Å². The first kappa shape index (κ1) is 14.5. The molecule has 1 saturated heterocycles. The number of ether oxygens (including phenoxy) is 1.